The second-order valence-electron chi connectivity index (χ2n) is 3.48. The SMILES string of the molecule is C.C.CCCCC(C)(C)C(=O)OC. The number of hydrogen-bond acceptors (Lipinski definition) is 2. The fourth-order valence-electron chi connectivity index (χ4n) is 0.997. The van der Waals surface area contributed by atoms with Crippen LogP contribution in [0.5, 0.6) is 0 Å². The molecule has 0 rings (SSSR count). The van der Waals surface area contributed by atoms with Gasteiger partial charge in [-0.25, -0.2) is 0 Å². The number of hydrogen-bond donors (Lipinski definition) is 0. The van der Waals surface area contributed by atoms with Crippen LogP contribution in [0.1, 0.15) is 54.9 Å². The van der Waals surface area contributed by atoms with Crippen molar-refractivity contribution in [3.05, 3.63) is 0 Å². The fraction of sp³-hybridized carbons (Fsp3) is 0.909. The van der Waals surface area contributed by atoms with Crippen molar-refractivity contribution < 1.29 is 9.53 Å². The first-order valence-electron chi connectivity index (χ1n) is 4.13. The van der Waals surface area contributed by atoms with Crippen LogP contribution < -0.4 is 0 Å². The third-order valence-corrected chi connectivity index (χ3v) is 1.89. The van der Waals surface area contributed by atoms with E-state index >= 15 is 0 Å². The summed E-state index contributed by atoms with van der Waals surface area (Å²) in [6.07, 6.45) is 3.12. The van der Waals surface area contributed by atoms with Crippen LogP contribution in [0, 0.1) is 5.41 Å². The number of carbonyl (C=O) groups excluding carboxylic acids is 1. The van der Waals surface area contributed by atoms with Crippen LogP contribution in [0.2, 0.25) is 0 Å². The molecule has 0 N–H and O–H groups in total. The molecule has 0 aromatic carbocycles. The van der Waals surface area contributed by atoms with Crippen molar-refractivity contribution in [2.24, 2.45) is 5.41 Å². The zero-order valence-electron chi connectivity index (χ0n) is 7.94. The van der Waals surface area contributed by atoms with Crippen molar-refractivity contribution in [1.29, 1.82) is 0 Å². The van der Waals surface area contributed by atoms with Gasteiger partial charge in [0, 0.05) is 0 Å². The summed E-state index contributed by atoms with van der Waals surface area (Å²) >= 11 is 0. The fourth-order valence-corrected chi connectivity index (χ4v) is 0.997. The number of ether oxygens (including phenoxy) is 1. The summed E-state index contributed by atoms with van der Waals surface area (Å²) in [7, 11) is 1.44. The summed E-state index contributed by atoms with van der Waals surface area (Å²) in [5.41, 5.74) is -0.301. The van der Waals surface area contributed by atoms with Gasteiger partial charge in [0.25, 0.3) is 0 Å². The van der Waals surface area contributed by atoms with Gasteiger partial charge < -0.3 is 4.74 Å². The quantitative estimate of drug-likeness (QED) is 0.632. The topological polar surface area (TPSA) is 26.3 Å². The van der Waals surface area contributed by atoms with Gasteiger partial charge in [-0.2, -0.15) is 0 Å². The summed E-state index contributed by atoms with van der Waals surface area (Å²) < 4.78 is 4.67. The molecule has 0 amide bonds. The van der Waals surface area contributed by atoms with E-state index in [0.29, 0.717) is 0 Å². The molecule has 0 aliphatic rings. The Balaban J connectivity index is -0.000000500. The van der Waals surface area contributed by atoms with E-state index in [4.69, 9.17) is 0 Å². The standard InChI is InChI=1S/C9H18O2.2CH4/c1-5-6-7-9(2,3)8(10)11-4;;/h5-7H2,1-4H3;2*1H4. The second-order valence-corrected chi connectivity index (χ2v) is 3.48. The summed E-state index contributed by atoms with van der Waals surface area (Å²) in [6, 6.07) is 0. The highest BCUT2D eigenvalue weighted by molar-refractivity contribution is 5.75. The Morgan fingerprint density at radius 2 is 1.77 bits per heavy atom. The molecule has 0 aromatic heterocycles. The molecule has 0 saturated heterocycles. The van der Waals surface area contributed by atoms with Crippen molar-refractivity contribution in [2.45, 2.75) is 54.9 Å². The second kappa shape index (κ2) is 8.09. The molecule has 0 fully saturated rings. The van der Waals surface area contributed by atoms with Gasteiger partial charge in [0.2, 0.25) is 0 Å². The third-order valence-electron chi connectivity index (χ3n) is 1.89. The molecule has 0 aliphatic carbocycles. The Bertz CT molecular complexity index is 128. The van der Waals surface area contributed by atoms with Gasteiger partial charge >= 0.3 is 5.97 Å². The molecule has 82 valence electrons. The van der Waals surface area contributed by atoms with Crippen molar-refractivity contribution in [2.75, 3.05) is 7.11 Å². The summed E-state index contributed by atoms with van der Waals surface area (Å²) in [5.74, 6) is -0.106. The van der Waals surface area contributed by atoms with E-state index in [1.54, 1.807) is 0 Å². The number of methoxy groups -OCH3 is 1. The first-order valence-corrected chi connectivity index (χ1v) is 4.13. The molecule has 0 unspecified atom stereocenters. The highest BCUT2D eigenvalue weighted by atomic mass is 16.5. The average molecular weight is 190 g/mol. The van der Waals surface area contributed by atoms with Crippen LogP contribution in [0.3, 0.4) is 0 Å². The summed E-state index contributed by atoms with van der Waals surface area (Å²) in [4.78, 5) is 11.1. The molecule has 0 spiro atoms. The lowest BCUT2D eigenvalue weighted by molar-refractivity contribution is -0.151. The maximum Gasteiger partial charge on any atom is 0.311 e. The predicted octanol–water partition coefficient (Wildman–Crippen LogP) is 3.65. The Morgan fingerprint density at radius 1 is 1.31 bits per heavy atom. The van der Waals surface area contributed by atoms with Crippen LogP contribution in [-0.4, -0.2) is 13.1 Å². The molecule has 13 heavy (non-hydrogen) atoms. The van der Waals surface area contributed by atoms with E-state index in [1.807, 2.05) is 13.8 Å². The average Bonchev–Trinajstić information content (AvgIpc) is 1.99. The monoisotopic (exact) mass is 190 g/mol. The number of rotatable bonds is 4. The first-order chi connectivity index (χ1) is 5.04. The largest absolute Gasteiger partial charge is 0.469 e. The zero-order chi connectivity index (χ0) is 8.91. The van der Waals surface area contributed by atoms with Crippen molar-refractivity contribution in [3.8, 4) is 0 Å². The molecule has 0 saturated carbocycles. The first kappa shape index (κ1) is 18.3. The molecule has 0 heterocycles. The van der Waals surface area contributed by atoms with E-state index in [1.165, 1.54) is 7.11 Å². The zero-order valence-corrected chi connectivity index (χ0v) is 7.94. The summed E-state index contributed by atoms with van der Waals surface area (Å²) in [5, 5.41) is 0. The van der Waals surface area contributed by atoms with Crippen LogP contribution in [0.25, 0.3) is 0 Å². The molecule has 0 radical (unpaired) electrons. The van der Waals surface area contributed by atoms with Gasteiger partial charge in [0.1, 0.15) is 0 Å². The van der Waals surface area contributed by atoms with E-state index in [-0.39, 0.29) is 26.2 Å². The minimum Gasteiger partial charge on any atom is -0.469 e. The van der Waals surface area contributed by atoms with Crippen LogP contribution >= 0.6 is 0 Å². The molecule has 0 aromatic rings. The molecule has 0 aliphatic heterocycles. The lowest BCUT2D eigenvalue weighted by Gasteiger charge is -2.20. The Morgan fingerprint density at radius 3 is 2.08 bits per heavy atom. The van der Waals surface area contributed by atoms with Crippen LogP contribution in [-0.2, 0) is 9.53 Å². The molecular formula is C11H26O2. The van der Waals surface area contributed by atoms with E-state index < -0.39 is 0 Å². The summed E-state index contributed by atoms with van der Waals surface area (Å²) in [6.45, 7) is 5.97. The molecular weight excluding hydrogens is 164 g/mol. The lowest BCUT2D eigenvalue weighted by Crippen LogP contribution is -2.25. The van der Waals surface area contributed by atoms with Crippen molar-refractivity contribution in [3.63, 3.8) is 0 Å². The highest BCUT2D eigenvalue weighted by Crippen LogP contribution is 2.24. The number of unbranched alkanes of at least 4 members (excludes halogenated alkanes) is 1. The van der Waals surface area contributed by atoms with Crippen LogP contribution in [0.15, 0.2) is 0 Å². The number of carbonyl (C=O) groups is 1. The smallest absolute Gasteiger partial charge is 0.311 e. The van der Waals surface area contributed by atoms with Gasteiger partial charge in [-0.05, 0) is 20.3 Å². The van der Waals surface area contributed by atoms with Gasteiger partial charge in [-0.3, -0.25) is 4.79 Å². The molecule has 2 heteroatoms. The predicted molar refractivity (Wildman–Crippen MR) is 58.8 cm³/mol. The molecule has 0 bridgehead atoms. The minimum atomic E-state index is -0.301. The lowest BCUT2D eigenvalue weighted by atomic mass is 9.87. The number of esters is 1. The Kier molecular flexibility index (Phi) is 11.4. The van der Waals surface area contributed by atoms with E-state index in [0.717, 1.165) is 19.3 Å². The van der Waals surface area contributed by atoms with E-state index in [2.05, 4.69) is 11.7 Å². The normalized spacial score (nSPS) is 9.54. The molecule has 0 atom stereocenters. The Hall–Kier alpha value is -0.530. The maximum absolute atomic E-state index is 11.1. The molecule has 2 nitrogen and oxygen atoms in total. The Labute approximate surface area is 83.7 Å². The van der Waals surface area contributed by atoms with Gasteiger partial charge in [0.15, 0.2) is 0 Å². The van der Waals surface area contributed by atoms with Crippen molar-refractivity contribution >= 4 is 5.97 Å². The van der Waals surface area contributed by atoms with Gasteiger partial charge in [-0.1, -0.05) is 34.6 Å². The van der Waals surface area contributed by atoms with Gasteiger partial charge in [0.05, 0.1) is 12.5 Å². The van der Waals surface area contributed by atoms with Gasteiger partial charge in [-0.15, -0.1) is 0 Å². The maximum atomic E-state index is 11.1. The minimum absolute atomic E-state index is 0. The van der Waals surface area contributed by atoms with Crippen molar-refractivity contribution in [1.82, 2.24) is 0 Å². The van der Waals surface area contributed by atoms with Crippen LogP contribution in [0.4, 0.5) is 0 Å². The van der Waals surface area contributed by atoms with E-state index in [9.17, 15) is 4.79 Å². The highest BCUT2D eigenvalue weighted by Gasteiger charge is 2.27. The third kappa shape index (κ3) is 6.62.